The molecule has 1 fully saturated rings. The van der Waals surface area contributed by atoms with Crippen LogP contribution in [0.1, 0.15) is 40.0 Å². The van der Waals surface area contributed by atoms with Gasteiger partial charge < -0.3 is 10.5 Å². The van der Waals surface area contributed by atoms with Gasteiger partial charge in [-0.1, -0.05) is 13.8 Å². The van der Waals surface area contributed by atoms with E-state index in [-0.39, 0.29) is 0 Å². The van der Waals surface area contributed by atoms with Gasteiger partial charge in [-0.25, -0.2) is 0 Å². The summed E-state index contributed by atoms with van der Waals surface area (Å²) in [5, 5.41) is 7.44. The molecular formula is C12H25N3O. The van der Waals surface area contributed by atoms with E-state index in [1.807, 2.05) is 0 Å². The van der Waals surface area contributed by atoms with E-state index in [2.05, 4.69) is 25.7 Å². The number of ether oxygens (including phenoxy) is 1. The third-order valence-electron chi connectivity index (χ3n) is 3.38. The first kappa shape index (κ1) is 13.5. The molecule has 4 nitrogen and oxygen atoms in total. The van der Waals surface area contributed by atoms with Gasteiger partial charge in [0.2, 0.25) is 0 Å². The van der Waals surface area contributed by atoms with Crippen LogP contribution in [-0.2, 0) is 4.74 Å². The van der Waals surface area contributed by atoms with E-state index in [4.69, 9.17) is 15.9 Å². The number of amidine groups is 1. The zero-order valence-electron chi connectivity index (χ0n) is 10.7. The molecular weight excluding hydrogens is 202 g/mol. The summed E-state index contributed by atoms with van der Waals surface area (Å²) in [6.45, 7) is 8.24. The van der Waals surface area contributed by atoms with Crippen LogP contribution in [0.4, 0.5) is 0 Å². The molecule has 0 bridgehead atoms. The maximum absolute atomic E-state index is 7.44. The van der Waals surface area contributed by atoms with Crippen molar-refractivity contribution in [2.45, 2.75) is 58.2 Å². The molecule has 1 aliphatic heterocycles. The molecule has 0 spiro atoms. The van der Waals surface area contributed by atoms with Crippen molar-refractivity contribution in [3.8, 4) is 0 Å². The molecule has 1 heterocycles. The first-order valence-corrected chi connectivity index (χ1v) is 6.28. The average molecular weight is 227 g/mol. The molecule has 0 saturated carbocycles. The van der Waals surface area contributed by atoms with Gasteiger partial charge in [0.25, 0.3) is 0 Å². The van der Waals surface area contributed by atoms with E-state index in [1.54, 1.807) is 0 Å². The van der Waals surface area contributed by atoms with E-state index in [0.29, 0.717) is 30.4 Å². The highest BCUT2D eigenvalue weighted by molar-refractivity contribution is 5.77. The lowest BCUT2D eigenvalue weighted by Gasteiger charge is -2.43. The highest BCUT2D eigenvalue weighted by atomic mass is 16.5. The molecule has 3 N–H and O–H groups in total. The second kappa shape index (κ2) is 6.21. The quantitative estimate of drug-likeness (QED) is 0.554. The van der Waals surface area contributed by atoms with Crippen molar-refractivity contribution in [3.05, 3.63) is 0 Å². The lowest BCUT2D eigenvalue weighted by molar-refractivity contribution is -0.0719. The van der Waals surface area contributed by atoms with Crippen molar-refractivity contribution >= 4 is 5.84 Å². The summed E-state index contributed by atoms with van der Waals surface area (Å²) in [7, 11) is 0. The van der Waals surface area contributed by atoms with E-state index < -0.39 is 0 Å². The SMILES string of the molecule is CCC1COC(C)CN1C(CC)CC(=N)N. The van der Waals surface area contributed by atoms with Crippen LogP contribution in [0.15, 0.2) is 0 Å². The molecule has 0 aromatic heterocycles. The Hall–Kier alpha value is -0.610. The number of nitrogens with two attached hydrogens (primary N) is 1. The highest BCUT2D eigenvalue weighted by Gasteiger charge is 2.30. The first-order valence-electron chi connectivity index (χ1n) is 6.28. The standard InChI is InChI=1S/C12H25N3O/c1-4-10(6-12(13)14)15-7-9(3)16-8-11(15)5-2/h9-11H,4-8H2,1-3H3,(H3,13,14). The monoisotopic (exact) mass is 227 g/mol. The minimum Gasteiger partial charge on any atom is -0.388 e. The van der Waals surface area contributed by atoms with Crippen molar-refractivity contribution in [1.29, 1.82) is 5.41 Å². The molecule has 4 heteroatoms. The predicted molar refractivity (Wildman–Crippen MR) is 66.8 cm³/mol. The number of morpholine rings is 1. The van der Waals surface area contributed by atoms with Crippen LogP contribution in [0.5, 0.6) is 0 Å². The predicted octanol–water partition coefficient (Wildman–Crippen LogP) is 1.59. The van der Waals surface area contributed by atoms with Crippen molar-refractivity contribution in [2.75, 3.05) is 13.2 Å². The van der Waals surface area contributed by atoms with Crippen LogP contribution >= 0.6 is 0 Å². The summed E-state index contributed by atoms with van der Waals surface area (Å²) >= 11 is 0. The number of hydrogen-bond donors (Lipinski definition) is 2. The molecule has 3 atom stereocenters. The van der Waals surface area contributed by atoms with Gasteiger partial charge in [-0.15, -0.1) is 0 Å². The summed E-state index contributed by atoms with van der Waals surface area (Å²) in [6, 6.07) is 0.884. The molecule has 0 aliphatic carbocycles. The molecule has 16 heavy (non-hydrogen) atoms. The molecule has 0 amide bonds. The van der Waals surface area contributed by atoms with Gasteiger partial charge in [-0.2, -0.15) is 0 Å². The molecule has 94 valence electrons. The Morgan fingerprint density at radius 3 is 2.75 bits per heavy atom. The number of hydrogen-bond acceptors (Lipinski definition) is 3. The average Bonchev–Trinajstić information content (AvgIpc) is 2.25. The normalized spacial score (nSPS) is 28.9. The first-order chi connectivity index (χ1) is 7.58. The molecule has 3 unspecified atom stereocenters. The highest BCUT2D eigenvalue weighted by Crippen LogP contribution is 2.20. The Bertz CT molecular complexity index is 232. The van der Waals surface area contributed by atoms with Crippen molar-refractivity contribution < 1.29 is 4.74 Å². The smallest absolute Gasteiger partial charge is 0.0921 e. The van der Waals surface area contributed by atoms with Crippen molar-refractivity contribution in [1.82, 2.24) is 4.90 Å². The van der Waals surface area contributed by atoms with Crippen LogP contribution in [-0.4, -0.2) is 42.1 Å². The molecule has 1 rings (SSSR count). The van der Waals surface area contributed by atoms with Gasteiger partial charge in [0.1, 0.15) is 0 Å². The van der Waals surface area contributed by atoms with Crippen molar-refractivity contribution in [3.63, 3.8) is 0 Å². The number of nitrogens with one attached hydrogen (secondary N) is 1. The van der Waals surface area contributed by atoms with E-state index >= 15 is 0 Å². The van der Waals surface area contributed by atoms with Gasteiger partial charge in [0.05, 0.1) is 18.5 Å². The fourth-order valence-electron chi connectivity index (χ4n) is 2.42. The zero-order chi connectivity index (χ0) is 12.1. The number of rotatable bonds is 5. The zero-order valence-corrected chi connectivity index (χ0v) is 10.7. The Morgan fingerprint density at radius 2 is 2.25 bits per heavy atom. The molecule has 0 radical (unpaired) electrons. The van der Waals surface area contributed by atoms with Gasteiger partial charge in [0, 0.05) is 25.0 Å². The Morgan fingerprint density at radius 1 is 1.56 bits per heavy atom. The van der Waals surface area contributed by atoms with Crippen LogP contribution in [0.3, 0.4) is 0 Å². The molecule has 0 aromatic carbocycles. The van der Waals surface area contributed by atoms with Crippen LogP contribution < -0.4 is 5.73 Å². The topological polar surface area (TPSA) is 62.3 Å². The maximum Gasteiger partial charge on any atom is 0.0921 e. The minimum absolute atomic E-state index is 0.292. The summed E-state index contributed by atoms with van der Waals surface area (Å²) in [4.78, 5) is 2.48. The van der Waals surface area contributed by atoms with Crippen LogP contribution in [0.25, 0.3) is 0 Å². The molecule has 0 aromatic rings. The van der Waals surface area contributed by atoms with E-state index in [1.165, 1.54) is 0 Å². The fourth-order valence-corrected chi connectivity index (χ4v) is 2.42. The second-order valence-electron chi connectivity index (χ2n) is 4.69. The van der Waals surface area contributed by atoms with Gasteiger partial charge >= 0.3 is 0 Å². The third kappa shape index (κ3) is 3.46. The lowest BCUT2D eigenvalue weighted by Crippen LogP contribution is -2.53. The second-order valence-corrected chi connectivity index (χ2v) is 4.69. The van der Waals surface area contributed by atoms with Gasteiger partial charge in [-0.3, -0.25) is 10.3 Å². The Kier molecular flexibility index (Phi) is 5.22. The van der Waals surface area contributed by atoms with Gasteiger partial charge in [-0.05, 0) is 19.8 Å². The van der Waals surface area contributed by atoms with E-state index in [0.717, 1.165) is 26.0 Å². The summed E-state index contributed by atoms with van der Waals surface area (Å²) < 4.78 is 5.68. The van der Waals surface area contributed by atoms with E-state index in [9.17, 15) is 0 Å². The summed E-state index contributed by atoms with van der Waals surface area (Å²) in [5.74, 6) is 0.292. The Balaban J connectivity index is 2.66. The minimum atomic E-state index is 0.292. The van der Waals surface area contributed by atoms with Gasteiger partial charge in [0.15, 0.2) is 0 Å². The molecule has 1 aliphatic rings. The summed E-state index contributed by atoms with van der Waals surface area (Å²) in [5.41, 5.74) is 5.52. The third-order valence-corrected chi connectivity index (χ3v) is 3.38. The summed E-state index contributed by atoms with van der Waals surface area (Å²) in [6.07, 6.45) is 3.12. The fraction of sp³-hybridized carbons (Fsp3) is 0.917. The maximum atomic E-state index is 7.44. The van der Waals surface area contributed by atoms with Crippen LogP contribution in [0, 0.1) is 5.41 Å². The largest absolute Gasteiger partial charge is 0.388 e. The van der Waals surface area contributed by atoms with Crippen molar-refractivity contribution in [2.24, 2.45) is 5.73 Å². The number of nitrogens with zero attached hydrogens (tertiary/aromatic N) is 1. The van der Waals surface area contributed by atoms with Crippen LogP contribution in [0.2, 0.25) is 0 Å². The molecule has 1 saturated heterocycles. The lowest BCUT2D eigenvalue weighted by atomic mass is 10.0. The Labute approximate surface area is 98.6 Å².